The van der Waals surface area contributed by atoms with E-state index in [0.717, 1.165) is 4.88 Å². The third-order valence-corrected chi connectivity index (χ3v) is 5.92. The Kier molecular flexibility index (Phi) is 5.24. The number of hydrogen-bond donors (Lipinski definition) is 2. The molecule has 2 aromatic rings. The van der Waals surface area contributed by atoms with Gasteiger partial charge in [0, 0.05) is 17.0 Å². The Bertz CT molecular complexity index is 788. The quantitative estimate of drug-likeness (QED) is 0.781. The predicted octanol–water partition coefficient (Wildman–Crippen LogP) is 3.17. The Balaban J connectivity index is 2.21. The average molecular weight is 381 g/mol. The first-order valence-electron chi connectivity index (χ1n) is 5.63. The molecule has 9 heteroatoms. The van der Waals surface area contributed by atoms with Gasteiger partial charge < -0.3 is 5.73 Å². The lowest BCUT2D eigenvalue weighted by atomic mass is 10.2. The van der Waals surface area contributed by atoms with Gasteiger partial charge in [-0.2, -0.15) is 0 Å². The molecule has 4 nitrogen and oxygen atoms in total. The second-order valence-electron chi connectivity index (χ2n) is 4.04. The minimum Gasteiger partial charge on any atom is -0.389 e. The van der Waals surface area contributed by atoms with Crippen molar-refractivity contribution in [3.8, 4) is 0 Å². The van der Waals surface area contributed by atoms with Crippen LogP contribution in [0.4, 0.5) is 0 Å². The van der Waals surface area contributed by atoms with Crippen LogP contribution in [0.3, 0.4) is 0 Å². The molecule has 0 radical (unpaired) electrons. The molecule has 0 unspecified atom stereocenters. The molecule has 112 valence electrons. The molecule has 2 rings (SSSR count). The highest BCUT2D eigenvalue weighted by molar-refractivity contribution is 7.89. The van der Waals surface area contributed by atoms with E-state index in [1.165, 1.54) is 29.5 Å². The van der Waals surface area contributed by atoms with Gasteiger partial charge in [0.1, 0.15) is 9.88 Å². The Labute approximate surface area is 141 Å². The van der Waals surface area contributed by atoms with E-state index < -0.39 is 10.0 Å². The number of nitrogens with one attached hydrogen (secondary N) is 1. The van der Waals surface area contributed by atoms with E-state index in [1.54, 1.807) is 12.1 Å². The molecular formula is C12H10Cl2N2O2S3. The van der Waals surface area contributed by atoms with Gasteiger partial charge in [0.15, 0.2) is 0 Å². The third kappa shape index (κ3) is 4.15. The van der Waals surface area contributed by atoms with Crippen molar-refractivity contribution in [1.29, 1.82) is 0 Å². The monoisotopic (exact) mass is 380 g/mol. The minimum absolute atomic E-state index is 0.0215. The van der Waals surface area contributed by atoms with Crippen LogP contribution in [0, 0.1) is 0 Å². The summed E-state index contributed by atoms with van der Waals surface area (Å²) in [6.07, 6.45) is 0. The maximum atomic E-state index is 12.2. The Morgan fingerprint density at radius 1 is 1.29 bits per heavy atom. The summed E-state index contributed by atoms with van der Waals surface area (Å²) in [6.45, 7) is 0.146. The van der Waals surface area contributed by atoms with Crippen LogP contribution >= 0.6 is 46.8 Å². The number of sulfonamides is 1. The highest BCUT2D eigenvalue weighted by Crippen LogP contribution is 2.24. The number of benzene rings is 1. The fourth-order valence-electron chi connectivity index (χ4n) is 1.56. The zero-order chi connectivity index (χ0) is 15.6. The predicted molar refractivity (Wildman–Crippen MR) is 90.7 cm³/mol. The minimum atomic E-state index is -3.72. The summed E-state index contributed by atoms with van der Waals surface area (Å²) >= 11 is 17.9. The number of nitrogens with two attached hydrogens (primary N) is 1. The Morgan fingerprint density at radius 3 is 2.52 bits per heavy atom. The van der Waals surface area contributed by atoms with Crippen molar-refractivity contribution >= 4 is 61.8 Å². The molecule has 0 aliphatic heterocycles. The second kappa shape index (κ2) is 6.60. The maximum Gasteiger partial charge on any atom is 0.242 e. The van der Waals surface area contributed by atoms with Gasteiger partial charge in [-0.1, -0.05) is 41.5 Å². The summed E-state index contributed by atoms with van der Waals surface area (Å²) in [6, 6.07) is 7.79. The summed E-state index contributed by atoms with van der Waals surface area (Å²) in [5.41, 5.74) is 5.99. The first-order valence-corrected chi connectivity index (χ1v) is 9.09. The van der Waals surface area contributed by atoms with Crippen LogP contribution in [0.1, 0.15) is 10.4 Å². The Hall–Kier alpha value is -0.700. The number of rotatable bonds is 5. The molecule has 0 spiro atoms. The van der Waals surface area contributed by atoms with Crippen LogP contribution in [0.5, 0.6) is 0 Å². The van der Waals surface area contributed by atoms with Crippen LogP contribution in [0.2, 0.25) is 9.36 Å². The van der Waals surface area contributed by atoms with Crippen molar-refractivity contribution in [1.82, 2.24) is 4.72 Å². The molecule has 1 aromatic carbocycles. The van der Waals surface area contributed by atoms with Gasteiger partial charge in [-0.05, 0) is 24.3 Å². The van der Waals surface area contributed by atoms with Crippen molar-refractivity contribution in [2.75, 3.05) is 0 Å². The van der Waals surface area contributed by atoms with E-state index in [2.05, 4.69) is 4.72 Å². The normalized spacial score (nSPS) is 11.5. The number of thiophene rings is 1. The van der Waals surface area contributed by atoms with E-state index in [9.17, 15) is 8.42 Å². The molecular weight excluding hydrogens is 371 g/mol. The molecule has 0 saturated carbocycles. The van der Waals surface area contributed by atoms with Crippen LogP contribution < -0.4 is 10.5 Å². The van der Waals surface area contributed by atoms with E-state index in [4.69, 9.17) is 41.2 Å². The molecule has 0 amide bonds. The Morgan fingerprint density at radius 2 is 2.00 bits per heavy atom. The van der Waals surface area contributed by atoms with Crippen LogP contribution in [-0.4, -0.2) is 13.4 Å². The van der Waals surface area contributed by atoms with Gasteiger partial charge in [-0.25, -0.2) is 13.1 Å². The van der Waals surface area contributed by atoms with E-state index in [0.29, 0.717) is 9.90 Å². The average Bonchev–Trinajstić information content (AvgIpc) is 2.82. The van der Waals surface area contributed by atoms with Crippen molar-refractivity contribution in [2.24, 2.45) is 5.73 Å². The van der Waals surface area contributed by atoms with Gasteiger partial charge in [-0.3, -0.25) is 0 Å². The third-order valence-electron chi connectivity index (χ3n) is 2.57. The lowest BCUT2D eigenvalue weighted by molar-refractivity contribution is 0.582. The number of halogens is 2. The smallest absolute Gasteiger partial charge is 0.242 e. The molecule has 0 fully saturated rings. The summed E-state index contributed by atoms with van der Waals surface area (Å²) in [5, 5.41) is 0.0667. The standard InChI is InChI=1S/C12H10Cl2N2O2S3/c13-9-5-7(12(15)19)1-3-10(9)21(17,18)16-6-8-2-4-11(14)20-8/h1-5,16H,6H2,(H2,15,19). The van der Waals surface area contributed by atoms with Crippen molar-refractivity contribution in [3.05, 3.63) is 50.1 Å². The van der Waals surface area contributed by atoms with Gasteiger partial charge in [0.25, 0.3) is 0 Å². The number of hydrogen-bond acceptors (Lipinski definition) is 4. The van der Waals surface area contributed by atoms with Crippen LogP contribution in [-0.2, 0) is 16.6 Å². The molecule has 1 heterocycles. The van der Waals surface area contributed by atoms with E-state index >= 15 is 0 Å². The zero-order valence-corrected chi connectivity index (χ0v) is 14.4. The first kappa shape index (κ1) is 16.7. The summed E-state index contributed by atoms with van der Waals surface area (Å²) in [5.74, 6) is 0. The molecule has 21 heavy (non-hydrogen) atoms. The largest absolute Gasteiger partial charge is 0.389 e. The topological polar surface area (TPSA) is 72.2 Å². The fourth-order valence-corrected chi connectivity index (χ4v) is 4.36. The van der Waals surface area contributed by atoms with Gasteiger partial charge in [-0.15, -0.1) is 11.3 Å². The molecule has 0 aliphatic carbocycles. The fraction of sp³-hybridized carbons (Fsp3) is 0.0833. The molecule has 0 atom stereocenters. The molecule has 0 saturated heterocycles. The van der Waals surface area contributed by atoms with Gasteiger partial charge in [0.2, 0.25) is 10.0 Å². The lowest BCUT2D eigenvalue weighted by Crippen LogP contribution is -2.23. The lowest BCUT2D eigenvalue weighted by Gasteiger charge is -2.08. The van der Waals surface area contributed by atoms with Gasteiger partial charge in [0.05, 0.1) is 9.36 Å². The molecule has 3 N–H and O–H groups in total. The molecule has 0 bridgehead atoms. The highest BCUT2D eigenvalue weighted by atomic mass is 35.5. The van der Waals surface area contributed by atoms with Crippen molar-refractivity contribution in [2.45, 2.75) is 11.4 Å². The first-order chi connectivity index (χ1) is 9.79. The molecule has 0 aliphatic rings. The van der Waals surface area contributed by atoms with Crippen molar-refractivity contribution in [3.63, 3.8) is 0 Å². The SMILES string of the molecule is NC(=S)c1ccc(S(=O)(=O)NCc2ccc(Cl)s2)c(Cl)c1. The van der Waals surface area contributed by atoms with Crippen LogP contribution in [0.15, 0.2) is 35.2 Å². The second-order valence-corrected chi connectivity index (χ2v) is 8.42. The molecule has 1 aromatic heterocycles. The summed E-state index contributed by atoms with van der Waals surface area (Å²) in [7, 11) is -3.72. The van der Waals surface area contributed by atoms with E-state index in [-0.39, 0.29) is 21.5 Å². The zero-order valence-electron chi connectivity index (χ0n) is 10.5. The van der Waals surface area contributed by atoms with E-state index in [1.807, 2.05) is 0 Å². The highest BCUT2D eigenvalue weighted by Gasteiger charge is 2.18. The summed E-state index contributed by atoms with van der Waals surface area (Å²) < 4.78 is 27.5. The summed E-state index contributed by atoms with van der Waals surface area (Å²) in [4.78, 5) is 0.938. The van der Waals surface area contributed by atoms with Crippen LogP contribution in [0.25, 0.3) is 0 Å². The van der Waals surface area contributed by atoms with Crippen molar-refractivity contribution < 1.29 is 8.42 Å². The number of thiocarbonyl (C=S) groups is 1. The van der Waals surface area contributed by atoms with Gasteiger partial charge >= 0.3 is 0 Å². The maximum absolute atomic E-state index is 12.2.